The number of aryl methyl sites for hydroxylation is 1. The van der Waals surface area contributed by atoms with Crippen LogP contribution in [0, 0.1) is 11.8 Å². The molecule has 2 fully saturated rings. The number of hydrogen-bond donors (Lipinski definition) is 2. The van der Waals surface area contributed by atoms with Crippen LogP contribution in [0.5, 0.6) is 0 Å². The first kappa shape index (κ1) is 18.3. The van der Waals surface area contributed by atoms with Crippen LogP contribution >= 0.6 is 0 Å². The highest BCUT2D eigenvalue weighted by molar-refractivity contribution is 5.91. The molecule has 2 unspecified atom stereocenters. The van der Waals surface area contributed by atoms with Gasteiger partial charge in [-0.15, -0.1) is 5.10 Å². The fourth-order valence-electron chi connectivity index (χ4n) is 4.12. The number of carbonyl (C=O) groups is 1. The van der Waals surface area contributed by atoms with E-state index in [9.17, 15) is 4.79 Å². The van der Waals surface area contributed by atoms with E-state index in [2.05, 4.69) is 35.0 Å². The lowest BCUT2D eigenvalue weighted by Gasteiger charge is -2.24. The van der Waals surface area contributed by atoms with E-state index in [0.717, 1.165) is 18.9 Å². The number of hydrogen-bond acceptors (Lipinski definition) is 5. The summed E-state index contributed by atoms with van der Waals surface area (Å²) in [6, 6.07) is 0.688. The van der Waals surface area contributed by atoms with Gasteiger partial charge in [0.1, 0.15) is 0 Å². The number of nitrogens with zero attached hydrogens (tertiary/aromatic N) is 4. The van der Waals surface area contributed by atoms with Crippen molar-refractivity contribution in [1.29, 1.82) is 0 Å². The summed E-state index contributed by atoms with van der Waals surface area (Å²) in [4.78, 5) is 14.4. The molecule has 0 bridgehead atoms. The first-order valence-corrected chi connectivity index (χ1v) is 9.71. The minimum atomic E-state index is -0.0461. The topological polar surface area (TPSA) is 75.1 Å². The van der Waals surface area contributed by atoms with Crippen molar-refractivity contribution in [1.82, 2.24) is 30.7 Å². The summed E-state index contributed by atoms with van der Waals surface area (Å²) in [7, 11) is 1.85. The van der Waals surface area contributed by atoms with E-state index in [-0.39, 0.29) is 5.91 Å². The van der Waals surface area contributed by atoms with Gasteiger partial charge in [-0.1, -0.05) is 37.3 Å². The zero-order valence-corrected chi connectivity index (χ0v) is 15.7. The zero-order valence-electron chi connectivity index (χ0n) is 15.7. The van der Waals surface area contributed by atoms with Gasteiger partial charge >= 0.3 is 0 Å². The molecule has 3 rings (SSSR count). The lowest BCUT2D eigenvalue weighted by molar-refractivity contribution is 0.0761. The molecule has 1 aliphatic heterocycles. The van der Waals surface area contributed by atoms with Crippen LogP contribution in [0.15, 0.2) is 6.20 Å². The third-order valence-electron chi connectivity index (χ3n) is 5.90. The molecule has 2 N–H and O–H groups in total. The number of amides is 1. The van der Waals surface area contributed by atoms with Gasteiger partial charge in [-0.25, -0.2) is 0 Å². The van der Waals surface area contributed by atoms with Crippen LogP contribution in [0.2, 0.25) is 0 Å². The Hall–Kier alpha value is -1.47. The van der Waals surface area contributed by atoms with E-state index in [1.54, 1.807) is 11.1 Å². The first-order chi connectivity index (χ1) is 12.0. The Balaban J connectivity index is 1.51. The first-order valence-electron chi connectivity index (χ1n) is 9.71. The second kappa shape index (κ2) is 8.27. The zero-order chi connectivity index (χ0) is 17.8. The predicted octanol–water partition coefficient (Wildman–Crippen LogP) is 1.82. The van der Waals surface area contributed by atoms with Crippen LogP contribution in [0.3, 0.4) is 0 Å². The molecule has 1 saturated heterocycles. The molecule has 7 heteroatoms. The number of hydrazine groups is 1. The molecule has 25 heavy (non-hydrogen) atoms. The Labute approximate surface area is 150 Å². The van der Waals surface area contributed by atoms with E-state index in [4.69, 9.17) is 0 Å². The minimum absolute atomic E-state index is 0.0461. The Morgan fingerprint density at radius 3 is 2.60 bits per heavy atom. The minimum Gasteiger partial charge on any atom is -0.340 e. The molecule has 2 heterocycles. The van der Waals surface area contributed by atoms with Crippen LogP contribution in [-0.2, 0) is 6.54 Å². The van der Waals surface area contributed by atoms with Gasteiger partial charge in [0, 0.05) is 38.1 Å². The van der Waals surface area contributed by atoms with Crippen molar-refractivity contribution in [3.8, 4) is 0 Å². The Bertz CT molecular complexity index is 558. The highest BCUT2D eigenvalue weighted by Gasteiger charge is 2.32. The maximum atomic E-state index is 12.6. The third kappa shape index (κ3) is 4.58. The van der Waals surface area contributed by atoms with Gasteiger partial charge in [0.2, 0.25) is 0 Å². The van der Waals surface area contributed by atoms with Crippen LogP contribution in [0.25, 0.3) is 0 Å². The molecule has 0 aromatic carbocycles. The summed E-state index contributed by atoms with van der Waals surface area (Å²) in [6.45, 7) is 5.84. The fourth-order valence-corrected chi connectivity index (χ4v) is 4.12. The molecular weight excluding hydrogens is 316 g/mol. The van der Waals surface area contributed by atoms with E-state index < -0.39 is 0 Å². The molecule has 1 amide bonds. The number of nitrogens with one attached hydrogen (secondary N) is 2. The number of aromatic nitrogens is 3. The van der Waals surface area contributed by atoms with Gasteiger partial charge in [-0.3, -0.25) is 20.3 Å². The summed E-state index contributed by atoms with van der Waals surface area (Å²) in [5.74, 6) is 1.15. The van der Waals surface area contributed by atoms with Crippen molar-refractivity contribution in [2.24, 2.45) is 11.8 Å². The summed E-state index contributed by atoms with van der Waals surface area (Å²) >= 11 is 0. The third-order valence-corrected chi connectivity index (χ3v) is 5.90. The van der Waals surface area contributed by atoms with Gasteiger partial charge in [0.25, 0.3) is 5.91 Å². The van der Waals surface area contributed by atoms with Gasteiger partial charge < -0.3 is 4.90 Å². The van der Waals surface area contributed by atoms with Crippen LogP contribution in [0.4, 0.5) is 0 Å². The quantitative estimate of drug-likeness (QED) is 0.820. The van der Waals surface area contributed by atoms with Gasteiger partial charge in [0.15, 0.2) is 5.69 Å². The normalized spacial score (nSPS) is 27.6. The maximum absolute atomic E-state index is 12.6. The van der Waals surface area contributed by atoms with Gasteiger partial charge in [0.05, 0.1) is 6.20 Å². The molecule has 1 aromatic heterocycles. The summed E-state index contributed by atoms with van der Waals surface area (Å²) in [6.07, 6.45) is 9.72. The molecule has 1 saturated carbocycles. The molecule has 2 aliphatic rings. The molecule has 1 aromatic rings. The highest BCUT2D eigenvalue weighted by Crippen LogP contribution is 2.26. The molecule has 1 aliphatic carbocycles. The fraction of sp³-hybridized carbons (Fsp3) is 0.833. The molecule has 2 atom stereocenters. The van der Waals surface area contributed by atoms with E-state index in [1.807, 2.05) is 11.7 Å². The van der Waals surface area contributed by atoms with Crippen LogP contribution < -0.4 is 10.9 Å². The average molecular weight is 348 g/mol. The summed E-state index contributed by atoms with van der Waals surface area (Å²) in [5, 5.41) is 8.26. The van der Waals surface area contributed by atoms with Crippen molar-refractivity contribution in [2.45, 2.75) is 71.0 Å². The maximum Gasteiger partial charge on any atom is 0.275 e. The second-order valence-electron chi connectivity index (χ2n) is 7.88. The van der Waals surface area contributed by atoms with Gasteiger partial charge in [-0.2, -0.15) is 0 Å². The van der Waals surface area contributed by atoms with E-state index in [1.165, 1.54) is 32.1 Å². The van der Waals surface area contributed by atoms with Crippen molar-refractivity contribution in [3.05, 3.63) is 11.9 Å². The second-order valence-corrected chi connectivity index (χ2v) is 7.88. The number of rotatable bonds is 6. The predicted molar refractivity (Wildman–Crippen MR) is 96.9 cm³/mol. The monoisotopic (exact) mass is 348 g/mol. The molecule has 0 spiro atoms. The van der Waals surface area contributed by atoms with E-state index >= 15 is 0 Å². The summed E-state index contributed by atoms with van der Waals surface area (Å²) in [5.41, 5.74) is 6.92. The number of carbonyl (C=O) groups excluding carboxylic acids is 1. The lowest BCUT2D eigenvalue weighted by Crippen LogP contribution is -2.38. The Kier molecular flexibility index (Phi) is 6.06. The molecule has 7 nitrogen and oxygen atoms in total. The van der Waals surface area contributed by atoms with Gasteiger partial charge in [-0.05, 0) is 26.2 Å². The summed E-state index contributed by atoms with van der Waals surface area (Å²) < 4.78 is 1.83. The largest absolute Gasteiger partial charge is 0.340 e. The van der Waals surface area contributed by atoms with Crippen molar-refractivity contribution < 1.29 is 4.79 Å². The average Bonchev–Trinajstić information content (AvgIpc) is 3.22. The lowest BCUT2D eigenvalue weighted by atomic mass is 9.87. The Morgan fingerprint density at radius 1 is 1.24 bits per heavy atom. The standard InChI is InChI=1S/C18H32N6O/c1-13-16(14(2)20-19-13)11-23(3)18(25)17-12-24(22-21-17)10-9-15-7-5-4-6-8-15/h12-16,19-20H,4-11H2,1-3H3. The smallest absolute Gasteiger partial charge is 0.275 e. The van der Waals surface area contributed by atoms with Crippen LogP contribution in [0.1, 0.15) is 62.9 Å². The molecule has 0 radical (unpaired) electrons. The van der Waals surface area contributed by atoms with Crippen molar-refractivity contribution >= 4 is 5.91 Å². The van der Waals surface area contributed by atoms with Crippen molar-refractivity contribution in [2.75, 3.05) is 13.6 Å². The Morgan fingerprint density at radius 2 is 1.92 bits per heavy atom. The SMILES string of the molecule is CC1NNC(C)C1CN(C)C(=O)c1cn(CCC2CCCCC2)nn1. The van der Waals surface area contributed by atoms with Crippen LogP contribution in [-0.4, -0.2) is 51.5 Å². The van der Waals surface area contributed by atoms with Crippen molar-refractivity contribution in [3.63, 3.8) is 0 Å². The molecular formula is C18H32N6O. The highest BCUT2D eigenvalue weighted by atomic mass is 16.2. The molecule has 140 valence electrons. The van der Waals surface area contributed by atoms with E-state index in [0.29, 0.717) is 30.2 Å².